The number of hydrogen-bond acceptors (Lipinski definition) is 3. The van der Waals surface area contributed by atoms with E-state index in [0.717, 1.165) is 11.3 Å². The summed E-state index contributed by atoms with van der Waals surface area (Å²) in [4.78, 5) is 11.5. The third-order valence-electron chi connectivity index (χ3n) is 2.32. The molecule has 0 N–H and O–H groups in total. The van der Waals surface area contributed by atoms with Crippen LogP contribution in [-0.2, 0) is 10.9 Å². The molecule has 1 aromatic heterocycles. The number of ether oxygens (including phenoxy) is 1. The van der Waals surface area contributed by atoms with Crippen LogP contribution in [0.4, 0.5) is 13.2 Å². The summed E-state index contributed by atoms with van der Waals surface area (Å²) in [5.41, 5.74) is -0.772. The Labute approximate surface area is 112 Å². The van der Waals surface area contributed by atoms with Crippen LogP contribution in [-0.4, -0.2) is 13.1 Å². The van der Waals surface area contributed by atoms with Crippen molar-refractivity contribution in [2.75, 3.05) is 7.11 Å². The van der Waals surface area contributed by atoms with Crippen LogP contribution in [0.2, 0.25) is 0 Å². The minimum Gasteiger partial charge on any atom is -0.465 e. The fourth-order valence-electron chi connectivity index (χ4n) is 1.57. The second-order valence-corrected chi connectivity index (χ2v) is 5.37. The summed E-state index contributed by atoms with van der Waals surface area (Å²) in [6.45, 7) is 0. The van der Waals surface area contributed by atoms with Crippen LogP contribution in [0.15, 0.2) is 22.7 Å². The lowest BCUT2D eigenvalue weighted by molar-refractivity contribution is -0.136. The lowest BCUT2D eigenvalue weighted by Crippen LogP contribution is -2.06. The van der Waals surface area contributed by atoms with Crippen LogP contribution in [0.25, 0.3) is 10.1 Å². The van der Waals surface area contributed by atoms with Crippen LogP contribution in [0.1, 0.15) is 15.2 Å². The predicted molar refractivity (Wildman–Crippen MR) is 65.9 cm³/mol. The molecule has 18 heavy (non-hydrogen) atoms. The molecule has 0 aliphatic heterocycles. The first-order chi connectivity index (χ1) is 8.34. The molecule has 0 fully saturated rings. The zero-order valence-corrected chi connectivity index (χ0v) is 11.4. The van der Waals surface area contributed by atoms with Crippen molar-refractivity contribution >= 4 is 43.3 Å². The van der Waals surface area contributed by atoms with Crippen LogP contribution in [0, 0.1) is 0 Å². The van der Waals surface area contributed by atoms with Gasteiger partial charge >= 0.3 is 12.1 Å². The Morgan fingerprint density at radius 1 is 1.39 bits per heavy atom. The van der Waals surface area contributed by atoms with Gasteiger partial charge in [0.1, 0.15) is 4.88 Å². The molecule has 2 nitrogen and oxygen atoms in total. The van der Waals surface area contributed by atoms with Crippen molar-refractivity contribution in [2.45, 2.75) is 6.18 Å². The SMILES string of the molecule is COC(=O)c1cc2c(C(F)(F)F)c(Br)ccc2s1. The molecular weight excluding hydrogens is 333 g/mol. The fourth-order valence-corrected chi connectivity index (χ4v) is 3.13. The van der Waals surface area contributed by atoms with Crippen LogP contribution in [0.3, 0.4) is 0 Å². The van der Waals surface area contributed by atoms with Gasteiger partial charge in [0.2, 0.25) is 0 Å². The summed E-state index contributed by atoms with van der Waals surface area (Å²) in [5, 5.41) is 0.00211. The van der Waals surface area contributed by atoms with E-state index in [4.69, 9.17) is 0 Å². The lowest BCUT2D eigenvalue weighted by Gasteiger charge is -2.09. The molecular formula is C11H6BrF3O2S. The zero-order chi connectivity index (χ0) is 13.5. The Bertz CT molecular complexity index is 619. The first-order valence-electron chi connectivity index (χ1n) is 4.72. The Morgan fingerprint density at radius 2 is 2.06 bits per heavy atom. The van der Waals surface area contributed by atoms with Crippen LogP contribution in [0.5, 0.6) is 0 Å². The summed E-state index contributed by atoms with van der Waals surface area (Å²) >= 11 is 3.86. The Hall–Kier alpha value is -1.08. The monoisotopic (exact) mass is 338 g/mol. The van der Waals surface area contributed by atoms with Gasteiger partial charge in [0, 0.05) is 14.6 Å². The number of carbonyl (C=O) groups is 1. The number of carbonyl (C=O) groups excluding carboxylic acids is 1. The highest BCUT2D eigenvalue weighted by atomic mass is 79.9. The standard InChI is InChI=1S/C11H6BrF3O2S/c1-17-10(16)8-4-5-7(18-8)3-2-6(12)9(5)11(13,14)15/h2-4H,1H3. The van der Waals surface area contributed by atoms with Gasteiger partial charge in [0.25, 0.3) is 0 Å². The van der Waals surface area contributed by atoms with Gasteiger partial charge in [-0.3, -0.25) is 0 Å². The molecule has 0 bridgehead atoms. The van der Waals surface area contributed by atoms with E-state index in [-0.39, 0.29) is 14.7 Å². The van der Waals surface area contributed by atoms with Crippen molar-refractivity contribution in [2.24, 2.45) is 0 Å². The highest BCUT2D eigenvalue weighted by molar-refractivity contribution is 9.10. The van der Waals surface area contributed by atoms with Gasteiger partial charge < -0.3 is 4.74 Å². The maximum Gasteiger partial charge on any atom is 0.418 e. The number of fused-ring (bicyclic) bond motifs is 1. The summed E-state index contributed by atoms with van der Waals surface area (Å²) < 4.78 is 43.6. The molecule has 0 saturated heterocycles. The van der Waals surface area contributed by atoms with Crippen LogP contribution >= 0.6 is 27.3 Å². The minimum absolute atomic E-state index is 0.00211. The molecule has 96 valence electrons. The van der Waals surface area contributed by atoms with Gasteiger partial charge in [0.15, 0.2) is 0 Å². The number of rotatable bonds is 1. The van der Waals surface area contributed by atoms with Gasteiger partial charge in [-0.05, 0) is 18.2 Å². The minimum atomic E-state index is -4.48. The number of thiophene rings is 1. The molecule has 0 spiro atoms. The highest BCUT2D eigenvalue weighted by Crippen LogP contribution is 2.42. The maximum atomic E-state index is 12.9. The Balaban J connectivity index is 2.73. The van der Waals surface area contributed by atoms with Gasteiger partial charge in [0.05, 0.1) is 12.7 Å². The van der Waals surface area contributed by atoms with E-state index in [9.17, 15) is 18.0 Å². The number of halogens is 4. The molecule has 0 aliphatic rings. The predicted octanol–water partition coefficient (Wildman–Crippen LogP) is 4.47. The number of alkyl halides is 3. The van der Waals surface area contributed by atoms with E-state index in [1.54, 1.807) is 0 Å². The number of methoxy groups -OCH3 is 1. The van der Waals surface area contributed by atoms with Gasteiger partial charge in [-0.1, -0.05) is 15.9 Å². The molecule has 0 atom stereocenters. The molecule has 0 radical (unpaired) electrons. The van der Waals surface area contributed by atoms with E-state index >= 15 is 0 Å². The van der Waals surface area contributed by atoms with Gasteiger partial charge in [-0.25, -0.2) is 4.79 Å². The van der Waals surface area contributed by atoms with Crippen LogP contribution < -0.4 is 0 Å². The summed E-state index contributed by atoms with van der Waals surface area (Å²) in [5.74, 6) is -0.638. The molecule has 7 heteroatoms. The van der Waals surface area contributed by atoms with Crippen molar-refractivity contribution in [3.05, 3.63) is 33.1 Å². The second kappa shape index (κ2) is 4.55. The highest BCUT2D eigenvalue weighted by Gasteiger charge is 2.35. The molecule has 0 aliphatic carbocycles. The third kappa shape index (κ3) is 2.24. The van der Waals surface area contributed by atoms with E-state index in [2.05, 4.69) is 20.7 Å². The van der Waals surface area contributed by atoms with Gasteiger partial charge in [-0.2, -0.15) is 13.2 Å². The summed E-state index contributed by atoms with van der Waals surface area (Å²) in [6, 6.07) is 4.06. The average molecular weight is 339 g/mol. The first kappa shape index (κ1) is 13.4. The van der Waals surface area contributed by atoms with Crippen molar-refractivity contribution in [3.8, 4) is 0 Å². The second-order valence-electron chi connectivity index (χ2n) is 3.43. The van der Waals surface area contributed by atoms with E-state index in [0.29, 0.717) is 4.70 Å². The summed E-state index contributed by atoms with van der Waals surface area (Å²) in [6.07, 6.45) is -4.48. The zero-order valence-electron chi connectivity index (χ0n) is 8.97. The lowest BCUT2D eigenvalue weighted by atomic mass is 10.1. The van der Waals surface area contributed by atoms with Gasteiger partial charge in [-0.15, -0.1) is 11.3 Å². The third-order valence-corrected chi connectivity index (χ3v) is 4.06. The molecule has 1 aromatic carbocycles. The normalized spacial score (nSPS) is 11.8. The van der Waals surface area contributed by atoms with E-state index in [1.165, 1.54) is 25.3 Å². The molecule has 0 unspecified atom stereocenters. The quantitative estimate of drug-likeness (QED) is 0.717. The topological polar surface area (TPSA) is 26.3 Å². The Kier molecular flexibility index (Phi) is 3.37. The van der Waals surface area contributed by atoms with Crippen molar-refractivity contribution in [1.29, 1.82) is 0 Å². The first-order valence-corrected chi connectivity index (χ1v) is 6.33. The largest absolute Gasteiger partial charge is 0.465 e. The molecule has 0 amide bonds. The molecule has 0 saturated carbocycles. The summed E-state index contributed by atoms with van der Waals surface area (Å²) in [7, 11) is 1.19. The maximum absolute atomic E-state index is 12.9. The van der Waals surface area contributed by atoms with Crippen molar-refractivity contribution < 1.29 is 22.7 Å². The number of hydrogen-bond donors (Lipinski definition) is 0. The molecule has 2 rings (SSSR count). The smallest absolute Gasteiger partial charge is 0.418 e. The number of esters is 1. The molecule has 1 heterocycles. The molecule has 2 aromatic rings. The average Bonchev–Trinajstić information content (AvgIpc) is 2.69. The fraction of sp³-hybridized carbons (Fsp3) is 0.182. The van der Waals surface area contributed by atoms with E-state index < -0.39 is 17.7 Å². The Morgan fingerprint density at radius 3 is 2.61 bits per heavy atom. The number of benzene rings is 1. The van der Waals surface area contributed by atoms with Crippen molar-refractivity contribution in [3.63, 3.8) is 0 Å². The van der Waals surface area contributed by atoms with Crippen molar-refractivity contribution in [1.82, 2.24) is 0 Å². The van der Waals surface area contributed by atoms with E-state index in [1.807, 2.05) is 0 Å².